The third-order valence-corrected chi connectivity index (χ3v) is 14.1. The van der Waals surface area contributed by atoms with Crippen molar-refractivity contribution >= 4 is 58.0 Å². The van der Waals surface area contributed by atoms with Crippen LogP contribution in [0.2, 0.25) is 0 Å². The SMILES string of the molecule is O=C1C(=Cc2nc3c(s2)-c2cc4c(cc2C2(CCCCC2)O3)-c2sc(C=C3C(=O)c5ccccc5C3=O)nc2OC42CCCCC2)C(=O)c2ccccc21. The molecule has 4 aliphatic carbocycles. The van der Waals surface area contributed by atoms with Crippen molar-refractivity contribution in [2.24, 2.45) is 0 Å². The van der Waals surface area contributed by atoms with Crippen LogP contribution >= 0.6 is 22.7 Å². The summed E-state index contributed by atoms with van der Waals surface area (Å²) in [6.07, 6.45) is 13.0. The van der Waals surface area contributed by atoms with Crippen molar-refractivity contribution in [1.82, 2.24) is 9.97 Å². The Morgan fingerprint density at radius 3 is 1.20 bits per heavy atom. The molecule has 5 aromatic rings. The Bertz CT molecular complexity index is 2360. The van der Waals surface area contributed by atoms with Crippen LogP contribution in [0.4, 0.5) is 0 Å². The van der Waals surface area contributed by atoms with Gasteiger partial charge in [0.1, 0.15) is 21.2 Å². The Kier molecular flexibility index (Phi) is 6.90. The molecule has 0 radical (unpaired) electrons. The first-order valence-electron chi connectivity index (χ1n) is 18.7. The molecule has 0 saturated heterocycles. The lowest BCUT2D eigenvalue weighted by atomic mass is 9.71. The molecule has 0 N–H and O–H groups in total. The minimum Gasteiger partial charge on any atom is -0.465 e. The van der Waals surface area contributed by atoms with E-state index in [1.165, 1.54) is 22.7 Å². The van der Waals surface area contributed by atoms with Gasteiger partial charge in [-0.1, -0.05) is 61.4 Å². The molecule has 8 nitrogen and oxygen atoms in total. The predicted octanol–water partition coefficient (Wildman–Crippen LogP) is 9.96. The zero-order valence-electron chi connectivity index (χ0n) is 29.2. The van der Waals surface area contributed by atoms with Crippen molar-refractivity contribution in [3.63, 3.8) is 0 Å². The van der Waals surface area contributed by atoms with Gasteiger partial charge < -0.3 is 9.47 Å². The van der Waals surface area contributed by atoms with Crippen molar-refractivity contribution in [1.29, 1.82) is 0 Å². The van der Waals surface area contributed by atoms with Crippen LogP contribution in [-0.4, -0.2) is 33.1 Å². The van der Waals surface area contributed by atoms with E-state index >= 15 is 0 Å². The van der Waals surface area contributed by atoms with Crippen molar-refractivity contribution in [3.8, 4) is 32.6 Å². The molecule has 2 aromatic heterocycles. The molecule has 0 amide bonds. The van der Waals surface area contributed by atoms with E-state index in [4.69, 9.17) is 19.4 Å². The van der Waals surface area contributed by atoms with E-state index in [1.54, 1.807) is 60.7 Å². The van der Waals surface area contributed by atoms with Crippen LogP contribution in [-0.2, 0) is 11.2 Å². The van der Waals surface area contributed by atoms with Crippen LogP contribution in [0.15, 0.2) is 71.8 Å². The van der Waals surface area contributed by atoms with Crippen LogP contribution in [0.5, 0.6) is 11.8 Å². The Labute approximate surface area is 318 Å². The smallest absolute Gasteiger partial charge is 0.234 e. The van der Waals surface area contributed by atoms with Crippen molar-refractivity contribution in [2.45, 2.75) is 75.4 Å². The van der Waals surface area contributed by atoms with E-state index in [1.807, 2.05) is 0 Å². The lowest BCUT2D eigenvalue weighted by Crippen LogP contribution is -2.40. The van der Waals surface area contributed by atoms with Gasteiger partial charge in [0.25, 0.3) is 0 Å². The minimum atomic E-state index is -0.578. The summed E-state index contributed by atoms with van der Waals surface area (Å²) in [5.74, 6) is -0.0147. The van der Waals surface area contributed by atoms with E-state index in [9.17, 15) is 19.2 Å². The largest absolute Gasteiger partial charge is 0.465 e. The average Bonchev–Trinajstić information content (AvgIpc) is 3.92. The summed E-state index contributed by atoms with van der Waals surface area (Å²) in [5, 5.41) is 1.12. The standard InChI is InChI=1S/C44H32N2O6S2/c47-35-23-11-3-4-12-24(23)36(48)29(35)21-33-45-41-39(53-33)27-20-32-28(19-31(27)43(51-41)15-7-1-8-16-43)40-42(52-44(32)17-9-2-10-18-44)46-34(54-40)22-30-37(49)25-13-5-6-14-26(25)38(30)50/h3-6,11-14,19-22H,1-2,7-10,15-18H2. The molecule has 6 aliphatic rings. The molecule has 2 saturated carbocycles. The lowest BCUT2D eigenvalue weighted by Gasteiger charge is -2.45. The number of allylic oxidation sites excluding steroid dienone is 2. The van der Waals surface area contributed by atoms with E-state index in [0.717, 1.165) is 96.2 Å². The van der Waals surface area contributed by atoms with Crippen LogP contribution < -0.4 is 9.47 Å². The second kappa shape index (κ2) is 11.6. The Morgan fingerprint density at radius 1 is 0.500 bits per heavy atom. The zero-order chi connectivity index (χ0) is 36.3. The van der Waals surface area contributed by atoms with Crippen LogP contribution in [0.3, 0.4) is 0 Å². The third-order valence-electron chi connectivity index (χ3n) is 12.1. The first-order valence-corrected chi connectivity index (χ1v) is 20.4. The molecule has 54 heavy (non-hydrogen) atoms. The number of Topliss-reactive ketones (excluding diaryl/α,β-unsaturated/α-hetero) is 4. The summed E-state index contributed by atoms with van der Waals surface area (Å²) in [6, 6.07) is 18.5. The van der Waals surface area contributed by atoms with Gasteiger partial charge in [0.15, 0.2) is 23.1 Å². The maximum absolute atomic E-state index is 13.3. The van der Waals surface area contributed by atoms with Gasteiger partial charge in [-0.2, -0.15) is 0 Å². The highest BCUT2D eigenvalue weighted by atomic mass is 32.1. The van der Waals surface area contributed by atoms with E-state index in [0.29, 0.717) is 44.0 Å². The quantitative estimate of drug-likeness (QED) is 0.130. The van der Waals surface area contributed by atoms with Gasteiger partial charge in [0.05, 0.1) is 20.9 Å². The van der Waals surface area contributed by atoms with Crippen molar-refractivity contribution in [2.75, 3.05) is 0 Å². The molecule has 2 aliphatic heterocycles. The summed E-state index contributed by atoms with van der Waals surface area (Å²) in [7, 11) is 0. The maximum Gasteiger partial charge on any atom is 0.234 e. The van der Waals surface area contributed by atoms with E-state index in [-0.39, 0.29) is 34.3 Å². The van der Waals surface area contributed by atoms with Crippen molar-refractivity contribution < 1.29 is 28.7 Å². The zero-order valence-corrected chi connectivity index (χ0v) is 30.8. The highest BCUT2D eigenvalue weighted by Crippen LogP contribution is 2.59. The van der Waals surface area contributed by atoms with Crippen LogP contribution in [0, 0.1) is 0 Å². The summed E-state index contributed by atoms with van der Waals surface area (Å²) < 4.78 is 14.0. The molecule has 10 heteroatoms. The molecule has 0 unspecified atom stereocenters. The summed E-state index contributed by atoms with van der Waals surface area (Å²) >= 11 is 2.89. The molecular formula is C44H32N2O6S2. The predicted molar refractivity (Wildman–Crippen MR) is 206 cm³/mol. The first-order chi connectivity index (χ1) is 26.3. The Balaban J connectivity index is 1.07. The number of benzene rings is 3. The molecule has 0 atom stereocenters. The molecule has 11 rings (SSSR count). The number of ketones is 4. The lowest BCUT2D eigenvalue weighted by molar-refractivity contribution is 0.0162. The molecule has 2 spiro atoms. The average molecular weight is 749 g/mol. The Morgan fingerprint density at radius 2 is 0.852 bits per heavy atom. The number of carbonyl (C=O) groups is 4. The Hall–Kier alpha value is -5.32. The highest BCUT2D eigenvalue weighted by molar-refractivity contribution is 7.17. The van der Waals surface area contributed by atoms with E-state index in [2.05, 4.69) is 12.1 Å². The van der Waals surface area contributed by atoms with E-state index < -0.39 is 11.2 Å². The second-order valence-corrected chi connectivity index (χ2v) is 17.2. The number of hydrogen-bond donors (Lipinski definition) is 0. The fraction of sp³-hybridized carbons (Fsp3) is 0.273. The highest BCUT2D eigenvalue weighted by Gasteiger charge is 2.49. The fourth-order valence-electron chi connectivity index (χ4n) is 9.50. The molecule has 2 fully saturated rings. The molecular weight excluding hydrogens is 717 g/mol. The number of nitrogens with zero attached hydrogens (tertiary/aromatic N) is 2. The number of carbonyl (C=O) groups excluding carboxylic acids is 4. The van der Waals surface area contributed by atoms with Crippen molar-refractivity contribution in [3.05, 3.63) is 115 Å². The number of hydrogen-bond acceptors (Lipinski definition) is 10. The van der Waals surface area contributed by atoms with Gasteiger partial charge in [-0.25, -0.2) is 9.97 Å². The third kappa shape index (κ3) is 4.53. The van der Waals surface area contributed by atoms with Gasteiger partial charge in [-0.3, -0.25) is 19.2 Å². The first kappa shape index (κ1) is 32.1. The molecule has 266 valence electrons. The molecule has 0 bridgehead atoms. The molecule has 3 aromatic carbocycles. The minimum absolute atomic E-state index is 0.128. The topological polar surface area (TPSA) is 113 Å². The number of fused-ring (bicyclic) bond motifs is 10. The number of aromatic nitrogens is 2. The number of ether oxygens (including phenoxy) is 2. The number of thiazole rings is 2. The summed E-state index contributed by atoms with van der Waals surface area (Å²) in [4.78, 5) is 64.9. The molecule has 4 heterocycles. The van der Waals surface area contributed by atoms with Crippen LogP contribution in [0.25, 0.3) is 33.0 Å². The van der Waals surface area contributed by atoms with Gasteiger partial charge in [-0.05, 0) is 75.7 Å². The monoisotopic (exact) mass is 748 g/mol. The van der Waals surface area contributed by atoms with Gasteiger partial charge >= 0.3 is 0 Å². The second-order valence-electron chi connectivity index (χ2n) is 15.2. The van der Waals surface area contributed by atoms with Crippen LogP contribution in [0.1, 0.15) is 127 Å². The summed E-state index contributed by atoms with van der Waals surface area (Å²) in [6.45, 7) is 0. The normalized spacial score (nSPS) is 19.8. The summed E-state index contributed by atoms with van der Waals surface area (Å²) in [5.41, 5.74) is 5.16. The maximum atomic E-state index is 13.3. The fourth-order valence-corrected chi connectivity index (χ4v) is 11.4. The van der Waals surface area contributed by atoms with Gasteiger partial charge in [0, 0.05) is 44.5 Å². The van der Waals surface area contributed by atoms with Gasteiger partial charge in [-0.15, -0.1) is 22.7 Å². The van der Waals surface area contributed by atoms with Gasteiger partial charge in [0.2, 0.25) is 11.8 Å². The number of rotatable bonds is 2.